The molecule has 0 spiro atoms. The van der Waals surface area contributed by atoms with E-state index in [1.807, 2.05) is 54.9 Å². The van der Waals surface area contributed by atoms with E-state index in [-0.39, 0.29) is 11.9 Å². The van der Waals surface area contributed by atoms with E-state index in [1.165, 1.54) is 0 Å². The van der Waals surface area contributed by atoms with Crippen LogP contribution in [-0.4, -0.2) is 50.9 Å². The fourth-order valence-corrected chi connectivity index (χ4v) is 4.06. The van der Waals surface area contributed by atoms with Gasteiger partial charge < -0.3 is 14.8 Å². The van der Waals surface area contributed by atoms with Crippen LogP contribution in [0.2, 0.25) is 0 Å². The van der Waals surface area contributed by atoms with Crippen molar-refractivity contribution in [3.8, 4) is 11.3 Å². The van der Waals surface area contributed by atoms with E-state index in [9.17, 15) is 4.79 Å². The molecule has 4 aromatic rings. The van der Waals surface area contributed by atoms with E-state index < -0.39 is 0 Å². The number of aromatic nitrogens is 7. The van der Waals surface area contributed by atoms with Gasteiger partial charge in [0.15, 0.2) is 0 Å². The van der Waals surface area contributed by atoms with Gasteiger partial charge in [-0.25, -0.2) is 9.97 Å². The molecule has 5 heterocycles. The number of anilines is 2. The number of nitrogens with one attached hydrogen (secondary N) is 1. The SMILES string of the molecule is Cc1cnc(Nc2ccnn2C)nc1-c1cc2n(c1)C[C@H](C)N(Cc1ccnn1C)C2=O. The van der Waals surface area contributed by atoms with Crippen LogP contribution >= 0.6 is 0 Å². The summed E-state index contributed by atoms with van der Waals surface area (Å²) in [5.74, 6) is 1.29. The molecular formula is C22H25N9O. The number of fused-ring (bicyclic) bond motifs is 1. The maximum atomic E-state index is 13.3. The quantitative estimate of drug-likeness (QED) is 0.521. The van der Waals surface area contributed by atoms with Gasteiger partial charge in [0.2, 0.25) is 5.95 Å². The van der Waals surface area contributed by atoms with E-state index in [0.717, 1.165) is 34.9 Å². The van der Waals surface area contributed by atoms with Crippen LogP contribution < -0.4 is 5.32 Å². The average Bonchev–Trinajstić information content (AvgIpc) is 3.48. The molecule has 1 aliphatic heterocycles. The van der Waals surface area contributed by atoms with Gasteiger partial charge in [-0.05, 0) is 31.5 Å². The van der Waals surface area contributed by atoms with Crippen LogP contribution in [0.25, 0.3) is 11.3 Å². The first-order valence-electron chi connectivity index (χ1n) is 10.5. The number of rotatable bonds is 5. The van der Waals surface area contributed by atoms with Gasteiger partial charge in [-0.1, -0.05) is 0 Å². The predicted octanol–water partition coefficient (Wildman–Crippen LogP) is 2.51. The van der Waals surface area contributed by atoms with Crippen LogP contribution in [0, 0.1) is 6.92 Å². The topological polar surface area (TPSA) is 98.7 Å². The van der Waals surface area contributed by atoms with Gasteiger partial charge in [0.1, 0.15) is 11.5 Å². The van der Waals surface area contributed by atoms with Crippen molar-refractivity contribution in [3.63, 3.8) is 0 Å². The smallest absolute Gasteiger partial charge is 0.271 e. The van der Waals surface area contributed by atoms with Crippen molar-refractivity contribution in [3.05, 3.63) is 59.9 Å². The van der Waals surface area contributed by atoms with Crippen molar-refractivity contribution in [1.82, 2.24) is 39.0 Å². The summed E-state index contributed by atoms with van der Waals surface area (Å²) >= 11 is 0. The van der Waals surface area contributed by atoms with Gasteiger partial charge >= 0.3 is 0 Å². The standard InChI is InChI=1S/C22H25N9O/c1-14-10-23-22(26-19-6-8-25-29(19)4)27-20(14)16-9-18-21(32)31(15(2)11-30(18)12-16)13-17-5-7-24-28(17)3/h5-10,12,15H,11,13H2,1-4H3,(H,23,26,27)/t15-/m0/s1. The minimum Gasteiger partial charge on any atom is -0.341 e. The molecule has 164 valence electrons. The highest BCUT2D eigenvalue weighted by molar-refractivity contribution is 5.95. The molecule has 0 radical (unpaired) electrons. The summed E-state index contributed by atoms with van der Waals surface area (Å²) in [5, 5.41) is 11.6. The van der Waals surface area contributed by atoms with Gasteiger partial charge in [0, 0.05) is 56.9 Å². The lowest BCUT2D eigenvalue weighted by atomic mass is 10.1. The van der Waals surface area contributed by atoms with Gasteiger partial charge in [-0.3, -0.25) is 14.2 Å². The first-order chi connectivity index (χ1) is 15.4. The lowest BCUT2D eigenvalue weighted by Gasteiger charge is -2.34. The molecule has 0 bridgehead atoms. The Hall–Kier alpha value is -3.95. The van der Waals surface area contributed by atoms with Gasteiger partial charge in [0.25, 0.3) is 5.91 Å². The Labute approximate surface area is 185 Å². The largest absolute Gasteiger partial charge is 0.341 e. The Morgan fingerprint density at radius 3 is 2.66 bits per heavy atom. The molecular weight excluding hydrogens is 406 g/mol. The Morgan fingerprint density at radius 2 is 1.94 bits per heavy atom. The van der Waals surface area contributed by atoms with E-state index in [1.54, 1.807) is 28.0 Å². The fourth-order valence-electron chi connectivity index (χ4n) is 4.06. The molecule has 1 N–H and O–H groups in total. The first-order valence-corrected chi connectivity index (χ1v) is 10.5. The van der Waals surface area contributed by atoms with E-state index >= 15 is 0 Å². The maximum Gasteiger partial charge on any atom is 0.271 e. The molecule has 0 fully saturated rings. The van der Waals surface area contributed by atoms with Crippen LogP contribution in [0.15, 0.2) is 43.0 Å². The van der Waals surface area contributed by atoms with E-state index in [4.69, 9.17) is 4.98 Å². The minimum absolute atomic E-state index is 0.0103. The van der Waals surface area contributed by atoms with Crippen molar-refractivity contribution < 1.29 is 4.79 Å². The number of carbonyl (C=O) groups is 1. The Balaban J connectivity index is 1.45. The summed E-state index contributed by atoms with van der Waals surface area (Å²) in [6.07, 6.45) is 7.26. The maximum absolute atomic E-state index is 13.3. The highest BCUT2D eigenvalue weighted by Gasteiger charge is 2.31. The van der Waals surface area contributed by atoms with Crippen LogP contribution in [0.5, 0.6) is 0 Å². The molecule has 0 saturated carbocycles. The van der Waals surface area contributed by atoms with E-state index in [2.05, 4.69) is 27.4 Å². The Morgan fingerprint density at radius 1 is 1.16 bits per heavy atom. The van der Waals surface area contributed by atoms with Crippen LogP contribution in [0.4, 0.5) is 11.8 Å². The predicted molar refractivity (Wildman–Crippen MR) is 119 cm³/mol. The van der Waals surface area contributed by atoms with Crippen LogP contribution in [-0.2, 0) is 27.2 Å². The lowest BCUT2D eigenvalue weighted by Crippen LogP contribution is -2.45. The molecule has 5 rings (SSSR count). The van der Waals surface area contributed by atoms with Crippen molar-refractivity contribution in [2.75, 3.05) is 5.32 Å². The second-order valence-corrected chi connectivity index (χ2v) is 8.18. The highest BCUT2D eigenvalue weighted by atomic mass is 16.2. The number of carbonyl (C=O) groups excluding carboxylic acids is 1. The lowest BCUT2D eigenvalue weighted by molar-refractivity contribution is 0.0590. The molecule has 10 heteroatoms. The number of aryl methyl sites for hydroxylation is 3. The third kappa shape index (κ3) is 3.43. The number of hydrogen-bond acceptors (Lipinski definition) is 6. The second-order valence-electron chi connectivity index (χ2n) is 8.18. The van der Waals surface area contributed by atoms with Gasteiger partial charge in [0.05, 0.1) is 24.1 Å². The Bertz CT molecular complexity index is 1300. The van der Waals surface area contributed by atoms with Crippen molar-refractivity contribution in [2.45, 2.75) is 33.0 Å². The fraction of sp³-hybridized carbons (Fsp3) is 0.318. The summed E-state index contributed by atoms with van der Waals surface area (Å²) < 4.78 is 5.55. The molecule has 0 unspecified atom stereocenters. The number of amides is 1. The van der Waals surface area contributed by atoms with E-state index in [0.29, 0.717) is 18.2 Å². The van der Waals surface area contributed by atoms with Crippen molar-refractivity contribution >= 4 is 17.7 Å². The van der Waals surface area contributed by atoms with Crippen molar-refractivity contribution in [2.24, 2.45) is 14.1 Å². The molecule has 10 nitrogen and oxygen atoms in total. The zero-order valence-electron chi connectivity index (χ0n) is 18.5. The molecule has 1 amide bonds. The normalized spacial score (nSPS) is 15.8. The zero-order valence-corrected chi connectivity index (χ0v) is 18.5. The zero-order chi connectivity index (χ0) is 22.4. The second kappa shape index (κ2) is 7.63. The molecule has 0 saturated heterocycles. The molecule has 32 heavy (non-hydrogen) atoms. The molecule has 1 aliphatic rings. The van der Waals surface area contributed by atoms with Crippen molar-refractivity contribution in [1.29, 1.82) is 0 Å². The molecule has 0 aliphatic carbocycles. The highest BCUT2D eigenvalue weighted by Crippen LogP contribution is 2.29. The third-order valence-corrected chi connectivity index (χ3v) is 5.93. The molecule has 0 aromatic carbocycles. The first kappa shape index (κ1) is 20.0. The summed E-state index contributed by atoms with van der Waals surface area (Å²) in [7, 11) is 3.74. The third-order valence-electron chi connectivity index (χ3n) is 5.93. The summed E-state index contributed by atoms with van der Waals surface area (Å²) in [5.41, 5.74) is 4.30. The van der Waals surface area contributed by atoms with Crippen LogP contribution in [0.1, 0.15) is 28.7 Å². The Kier molecular flexibility index (Phi) is 4.76. The van der Waals surface area contributed by atoms with Gasteiger partial charge in [-0.15, -0.1) is 0 Å². The molecule has 4 aromatic heterocycles. The average molecular weight is 432 g/mol. The summed E-state index contributed by atoms with van der Waals surface area (Å²) in [4.78, 5) is 24.4. The summed E-state index contributed by atoms with van der Waals surface area (Å²) in [6.45, 7) is 5.30. The molecule has 1 atom stereocenters. The van der Waals surface area contributed by atoms with Crippen LogP contribution in [0.3, 0.4) is 0 Å². The van der Waals surface area contributed by atoms with Gasteiger partial charge in [-0.2, -0.15) is 10.2 Å². The monoisotopic (exact) mass is 431 g/mol. The summed E-state index contributed by atoms with van der Waals surface area (Å²) in [6, 6.07) is 5.80. The number of nitrogens with zero attached hydrogens (tertiary/aromatic N) is 8. The number of hydrogen-bond donors (Lipinski definition) is 1. The minimum atomic E-state index is 0.0103.